The molecule has 0 saturated carbocycles. The summed E-state index contributed by atoms with van der Waals surface area (Å²) >= 11 is 3.57. The molecule has 0 N–H and O–H groups in total. The van der Waals surface area contributed by atoms with E-state index in [0.29, 0.717) is 0 Å². The van der Waals surface area contributed by atoms with E-state index in [1.54, 1.807) is 9.30 Å². The molecule has 0 rings (SSSR count). The molecule has 0 aliphatic rings. The van der Waals surface area contributed by atoms with Gasteiger partial charge in [-0.2, -0.15) is 0 Å². The molecule has 0 bridgehead atoms. The van der Waals surface area contributed by atoms with Crippen LogP contribution in [-0.2, 0) is 63.1 Å². The summed E-state index contributed by atoms with van der Waals surface area (Å²) in [5, 5.41) is 0. The first-order valence-corrected chi connectivity index (χ1v) is 7.85. The number of allylic oxidation sites excluding steroid dienone is 1. The second-order valence-corrected chi connectivity index (χ2v) is 5.67. The van der Waals surface area contributed by atoms with Crippen molar-refractivity contribution in [1.29, 1.82) is 0 Å². The molecule has 0 aliphatic heterocycles. The maximum absolute atomic E-state index is 11.5. The van der Waals surface area contributed by atoms with Crippen LogP contribution in [0, 0.1) is 0 Å². The van der Waals surface area contributed by atoms with Gasteiger partial charge in [-0.05, 0) is 0 Å². The second-order valence-electron chi connectivity index (χ2n) is 2.05. The molecular formula is C7H8N2OW3. The van der Waals surface area contributed by atoms with Crippen molar-refractivity contribution in [3.8, 4) is 0 Å². The Bertz CT molecular complexity index is 285. The summed E-state index contributed by atoms with van der Waals surface area (Å²) in [5.41, 5.74) is 0. The Labute approximate surface area is 111 Å². The molecule has 13 heavy (non-hydrogen) atoms. The molecule has 1 amide bonds. The van der Waals surface area contributed by atoms with Gasteiger partial charge in [0.15, 0.2) is 0 Å². The summed E-state index contributed by atoms with van der Waals surface area (Å²) < 4.78 is 6.79. The first kappa shape index (κ1) is 13.8. The normalized spacial score (nSPS) is 10.5. The van der Waals surface area contributed by atoms with Crippen LogP contribution >= 0.6 is 0 Å². The number of carbonyl (C=O) groups excluding carboxylic acids is 1. The zero-order valence-corrected chi connectivity index (χ0v) is 16.0. The van der Waals surface area contributed by atoms with Crippen molar-refractivity contribution in [3.63, 3.8) is 0 Å². The third-order valence-electron chi connectivity index (χ3n) is 1.22. The van der Waals surface area contributed by atoms with E-state index in [4.69, 9.17) is 0 Å². The predicted molar refractivity (Wildman–Crippen MR) is 39.8 cm³/mol. The van der Waals surface area contributed by atoms with E-state index in [-0.39, 0.29) is 5.91 Å². The van der Waals surface area contributed by atoms with Crippen molar-refractivity contribution >= 4 is 14.3 Å². The molecule has 0 radical (unpaired) electrons. The van der Waals surface area contributed by atoms with Crippen LogP contribution in [0.5, 0.6) is 0 Å². The van der Waals surface area contributed by atoms with Crippen molar-refractivity contribution in [3.05, 3.63) is 11.9 Å². The van der Waals surface area contributed by atoms with E-state index < -0.39 is 0 Å². The van der Waals surface area contributed by atoms with Crippen LogP contribution in [0.15, 0.2) is 15.4 Å². The summed E-state index contributed by atoms with van der Waals surface area (Å²) in [6, 6.07) is 0. The minimum absolute atomic E-state index is 0.0283. The van der Waals surface area contributed by atoms with Gasteiger partial charge in [0.2, 0.25) is 0 Å². The quantitative estimate of drug-likeness (QED) is 0.423. The summed E-state index contributed by atoms with van der Waals surface area (Å²) in [7, 11) is 0. The van der Waals surface area contributed by atoms with Gasteiger partial charge >= 0.3 is 112 Å². The average molecular weight is 688 g/mol. The molecule has 70 valence electrons. The number of carbonyl (C=O) groups is 1. The predicted octanol–water partition coefficient (Wildman–Crippen LogP) is 0.452. The standard InChI is InChI=1S/C7H8N2O.3W/c1-4-7(8)9(5-2)6(3)10;;;/h3-4H,1-2H3;;;. The zero-order chi connectivity index (χ0) is 10.4. The molecule has 0 aromatic carbocycles. The third kappa shape index (κ3) is 4.23. The van der Waals surface area contributed by atoms with E-state index in [1.807, 2.05) is 19.9 Å². The van der Waals surface area contributed by atoms with Crippen molar-refractivity contribution in [2.75, 3.05) is 0 Å². The number of amides is 1. The Morgan fingerprint density at radius 1 is 1.54 bits per heavy atom. The molecule has 3 nitrogen and oxygen atoms in total. The van der Waals surface area contributed by atoms with Crippen LogP contribution in [0.3, 0.4) is 0 Å². The van der Waals surface area contributed by atoms with Gasteiger partial charge in [0, 0.05) is 0 Å². The van der Waals surface area contributed by atoms with Gasteiger partial charge in [-0.15, -0.1) is 0 Å². The fourth-order valence-electron chi connectivity index (χ4n) is 0.705. The van der Waals surface area contributed by atoms with Gasteiger partial charge in [-0.1, -0.05) is 0 Å². The van der Waals surface area contributed by atoms with Gasteiger partial charge < -0.3 is 0 Å². The number of rotatable bonds is 4. The number of hydrogen-bond acceptors (Lipinski definition) is 2. The first-order chi connectivity index (χ1) is 6.08. The van der Waals surface area contributed by atoms with E-state index in [1.165, 1.54) is 38.7 Å². The molecular weight excluding hydrogens is 680 g/mol. The SMILES string of the molecule is CC=C([N]=[W])N(C(=O)[CH]=[W])[C](C)=[W]. The molecule has 0 atom stereocenters. The van der Waals surface area contributed by atoms with Crippen LogP contribution in [0.4, 0.5) is 0 Å². The van der Waals surface area contributed by atoms with E-state index >= 15 is 0 Å². The zero-order valence-electron chi connectivity index (χ0n) is 7.18. The Morgan fingerprint density at radius 3 is 2.31 bits per heavy atom. The van der Waals surface area contributed by atoms with Gasteiger partial charge in [0.05, 0.1) is 0 Å². The summed E-state index contributed by atoms with van der Waals surface area (Å²) in [4.78, 5) is 13.2. The molecule has 0 unspecified atom stereocenters. The van der Waals surface area contributed by atoms with Crippen LogP contribution < -0.4 is 0 Å². The van der Waals surface area contributed by atoms with E-state index in [0.717, 1.165) is 29.5 Å². The first-order valence-electron chi connectivity index (χ1n) is 3.38. The molecule has 6 heteroatoms. The van der Waals surface area contributed by atoms with Gasteiger partial charge in [0.25, 0.3) is 0 Å². The molecule has 0 aromatic rings. The van der Waals surface area contributed by atoms with Crippen molar-refractivity contribution in [2.24, 2.45) is 3.50 Å². The number of hydrogen-bond donors (Lipinski definition) is 0. The molecule has 0 aliphatic carbocycles. The Hall–Kier alpha value is 0.815. The van der Waals surface area contributed by atoms with Crippen molar-refractivity contribution in [2.45, 2.75) is 13.8 Å². The molecule has 0 fully saturated rings. The number of nitrogens with zero attached hydrogens (tertiary/aromatic N) is 2. The Morgan fingerprint density at radius 2 is 2.08 bits per heavy atom. The van der Waals surface area contributed by atoms with Crippen LogP contribution in [0.1, 0.15) is 13.8 Å². The Balaban J connectivity index is 5.01. The minimum atomic E-state index is 0.0283. The van der Waals surface area contributed by atoms with E-state index in [9.17, 15) is 4.79 Å². The maximum atomic E-state index is 11.5. The van der Waals surface area contributed by atoms with Crippen LogP contribution in [0.25, 0.3) is 0 Å². The summed E-state index contributed by atoms with van der Waals surface area (Å²) in [5.74, 6) is 0.783. The van der Waals surface area contributed by atoms with Gasteiger partial charge in [0.1, 0.15) is 0 Å². The molecule has 0 aromatic heterocycles. The Kier molecular flexibility index (Phi) is 7.60. The summed E-state index contributed by atoms with van der Waals surface area (Å²) in [6.45, 7) is 3.83. The molecule has 0 spiro atoms. The average Bonchev–Trinajstić information content (AvgIpc) is 2.12. The molecule has 0 saturated heterocycles. The fourth-order valence-corrected chi connectivity index (χ4v) is 2.41. The van der Waals surface area contributed by atoms with Crippen molar-refractivity contribution < 1.29 is 63.1 Å². The summed E-state index contributed by atoms with van der Waals surface area (Å²) in [6.07, 6.45) is 1.86. The monoisotopic (exact) mass is 688 g/mol. The topological polar surface area (TPSA) is 32.7 Å². The fraction of sp³-hybridized carbons (Fsp3) is 0.286. The third-order valence-corrected chi connectivity index (χ3v) is 3.27. The second kappa shape index (κ2) is 7.15. The van der Waals surface area contributed by atoms with Gasteiger partial charge in [-0.3, -0.25) is 0 Å². The molecule has 0 heterocycles. The van der Waals surface area contributed by atoms with Crippen LogP contribution in [0.2, 0.25) is 0 Å². The van der Waals surface area contributed by atoms with Crippen molar-refractivity contribution in [1.82, 2.24) is 4.90 Å². The van der Waals surface area contributed by atoms with Crippen LogP contribution in [-0.4, -0.2) is 19.2 Å². The van der Waals surface area contributed by atoms with Gasteiger partial charge in [-0.25, -0.2) is 0 Å². The van der Waals surface area contributed by atoms with E-state index in [2.05, 4.69) is 3.50 Å².